The number of nitro benzene ring substituents is 1. The Morgan fingerprint density at radius 1 is 1.09 bits per heavy atom. The van der Waals surface area contributed by atoms with E-state index in [0.717, 1.165) is 5.56 Å². The highest BCUT2D eigenvalue weighted by atomic mass is 16.6. The zero-order valence-electron chi connectivity index (χ0n) is 16.7. The van der Waals surface area contributed by atoms with Crippen LogP contribution in [0.2, 0.25) is 0 Å². The fraction of sp³-hybridized carbons (Fsp3) is 0.0870. The fourth-order valence-electron chi connectivity index (χ4n) is 4.05. The molecule has 1 unspecified atom stereocenters. The number of benzene rings is 2. The van der Waals surface area contributed by atoms with E-state index in [1.54, 1.807) is 59.8 Å². The van der Waals surface area contributed by atoms with Gasteiger partial charge in [-0.05, 0) is 41.5 Å². The van der Waals surface area contributed by atoms with Crippen molar-refractivity contribution in [2.75, 3.05) is 0 Å². The number of carbonyl (C=O) groups excluding carboxylic acids is 1. The normalized spacial score (nSPS) is 15.1. The molecule has 32 heavy (non-hydrogen) atoms. The van der Waals surface area contributed by atoms with Crippen LogP contribution in [0.4, 0.5) is 5.69 Å². The van der Waals surface area contributed by atoms with Crippen LogP contribution in [0.5, 0.6) is 5.75 Å². The summed E-state index contributed by atoms with van der Waals surface area (Å²) in [7, 11) is 0. The van der Waals surface area contributed by atoms with E-state index in [4.69, 9.17) is 0 Å². The molecule has 9 heteroatoms. The van der Waals surface area contributed by atoms with Crippen molar-refractivity contribution in [3.63, 3.8) is 0 Å². The van der Waals surface area contributed by atoms with Gasteiger partial charge in [0.25, 0.3) is 11.6 Å². The van der Waals surface area contributed by atoms with Crippen molar-refractivity contribution in [2.24, 2.45) is 0 Å². The van der Waals surface area contributed by atoms with Gasteiger partial charge in [0, 0.05) is 42.2 Å². The molecule has 4 aromatic rings. The standard InChI is InChI=1S/C23H17N5O4/c29-18-6-2-1-5-17(18)20-19-21(26-25-20)23(30)27(13-14-4-3-11-24-12-14)22(19)15-7-9-16(10-8-15)28(31)32/h1-12,22,29H,13H2,(H,25,26). The summed E-state index contributed by atoms with van der Waals surface area (Å²) in [6, 6.07) is 16.0. The molecule has 158 valence electrons. The van der Waals surface area contributed by atoms with Crippen LogP contribution in [-0.2, 0) is 6.54 Å². The Hall–Kier alpha value is -4.53. The number of rotatable bonds is 5. The van der Waals surface area contributed by atoms with Crippen LogP contribution in [0.3, 0.4) is 0 Å². The van der Waals surface area contributed by atoms with Crippen molar-refractivity contribution in [1.82, 2.24) is 20.1 Å². The highest BCUT2D eigenvalue weighted by molar-refractivity contribution is 6.00. The van der Waals surface area contributed by atoms with Crippen molar-refractivity contribution in [3.8, 4) is 17.0 Å². The van der Waals surface area contributed by atoms with E-state index in [2.05, 4.69) is 15.2 Å². The van der Waals surface area contributed by atoms with Crippen LogP contribution >= 0.6 is 0 Å². The molecule has 2 aromatic heterocycles. The van der Waals surface area contributed by atoms with E-state index < -0.39 is 11.0 Å². The van der Waals surface area contributed by atoms with Crippen LogP contribution in [0.1, 0.15) is 33.2 Å². The van der Waals surface area contributed by atoms with E-state index in [9.17, 15) is 20.0 Å². The Kier molecular flexibility index (Phi) is 4.63. The number of phenolic OH excluding ortho intramolecular Hbond substituents is 1. The number of aromatic nitrogens is 3. The number of H-pyrrole nitrogens is 1. The molecule has 2 aromatic carbocycles. The summed E-state index contributed by atoms with van der Waals surface area (Å²) in [5.41, 5.74) is 3.41. The molecule has 3 heterocycles. The van der Waals surface area contributed by atoms with Gasteiger partial charge in [0.15, 0.2) is 0 Å². The Morgan fingerprint density at radius 2 is 1.88 bits per heavy atom. The third-order valence-electron chi connectivity index (χ3n) is 5.52. The van der Waals surface area contributed by atoms with Gasteiger partial charge in [-0.15, -0.1) is 0 Å². The topological polar surface area (TPSA) is 125 Å². The number of nitrogens with zero attached hydrogens (tertiary/aromatic N) is 4. The summed E-state index contributed by atoms with van der Waals surface area (Å²) in [5, 5.41) is 28.7. The molecule has 5 rings (SSSR count). The summed E-state index contributed by atoms with van der Waals surface area (Å²) in [6.45, 7) is 0.289. The predicted octanol–water partition coefficient (Wildman–Crippen LogP) is 3.83. The number of aromatic hydroxyl groups is 1. The maximum atomic E-state index is 13.4. The number of amides is 1. The van der Waals surface area contributed by atoms with Gasteiger partial charge in [-0.1, -0.05) is 18.2 Å². The molecule has 0 saturated carbocycles. The van der Waals surface area contributed by atoms with Crippen LogP contribution in [-0.4, -0.2) is 36.0 Å². The SMILES string of the molecule is O=C1c2[nH]nc(-c3ccccc3O)c2C(c2ccc([N+](=O)[O-])cc2)N1Cc1cccnc1. The smallest absolute Gasteiger partial charge is 0.273 e. The van der Waals surface area contributed by atoms with E-state index in [0.29, 0.717) is 28.1 Å². The number of nitrogens with one attached hydrogen (secondary N) is 1. The van der Waals surface area contributed by atoms with E-state index in [-0.39, 0.29) is 23.9 Å². The van der Waals surface area contributed by atoms with Gasteiger partial charge in [0.2, 0.25) is 0 Å². The van der Waals surface area contributed by atoms with Crippen LogP contribution in [0, 0.1) is 10.1 Å². The van der Waals surface area contributed by atoms with Crippen LogP contribution in [0.25, 0.3) is 11.3 Å². The third kappa shape index (κ3) is 3.16. The lowest BCUT2D eigenvalue weighted by atomic mass is 9.95. The monoisotopic (exact) mass is 427 g/mol. The predicted molar refractivity (Wildman–Crippen MR) is 115 cm³/mol. The zero-order valence-corrected chi connectivity index (χ0v) is 16.7. The fourth-order valence-corrected chi connectivity index (χ4v) is 4.05. The number of hydrogen-bond acceptors (Lipinski definition) is 6. The molecular weight excluding hydrogens is 410 g/mol. The first-order chi connectivity index (χ1) is 15.5. The van der Waals surface area contributed by atoms with Gasteiger partial charge in [-0.3, -0.25) is 25.0 Å². The summed E-state index contributed by atoms with van der Waals surface area (Å²) in [4.78, 5) is 29.8. The van der Waals surface area contributed by atoms with Gasteiger partial charge in [-0.25, -0.2) is 0 Å². The minimum atomic E-state index is -0.549. The van der Waals surface area contributed by atoms with Crippen LogP contribution < -0.4 is 0 Å². The maximum absolute atomic E-state index is 13.4. The van der Waals surface area contributed by atoms with E-state index in [1.165, 1.54) is 12.1 Å². The largest absolute Gasteiger partial charge is 0.507 e. The number of fused-ring (bicyclic) bond motifs is 1. The number of para-hydroxylation sites is 1. The summed E-state index contributed by atoms with van der Waals surface area (Å²) >= 11 is 0. The highest BCUT2D eigenvalue weighted by Gasteiger charge is 2.42. The van der Waals surface area contributed by atoms with Crippen molar-refractivity contribution in [2.45, 2.75) is 12.6 Å². The quantitative estimate of drug-likeness (QED) is 0.368. The third-order valence-corrected chi connectivity index (χ3v) is 5.52. The second kappa shape index (κ2) is 7.62. The second-order valence-electron chi connectivity index (χ2n) is 7.42. The maximum Gasteiger partial charge on any atom is 0.273 e. The van der Waals surface area contributed by atoms with Gasteiger partial charge in [-0.2, -0.15) is 5.10 Å². The number of nitro groups is 1. The first-order valence-corrected chi connectivity index (χ1v) is 9.85. The minimum absolute atomic E-state index is 0.0368. The van der Waals surface area contributed by atoms with Gasteiger partial charge >= 0.3 is 0 Å². The highest BCUT2D eigenvalue weighted by Crippen LogP contribution is 2.45. The number of carbonyl (C=O) groups is 1. The molecule has 0 bridgehead atoms. The van der Waals surface area contributed by atoms with Crippen molar-refractivity contribution < 1.29 is 14.8 Å². The Balaban J connectivity index is 1.66. The first kappa shape index (κ1) is 19.4. The first-order valence-electron chi connectivity index (χ1n) is 9.85. The lowest BCUT2D eigenvalue weighted by Crippen LogP contribution is -2.29. The average Bonchev–Trinajstić information content (AvgIpc) is 3.34. The van der Waals surface area contributed by atoms with Crippen LogP contribution in [0.15, 0.2) is 73.1 Å². The molecule has 1 amide bonds. The summed E-state index contributed by atoms with van der Waals surface area (Å²) < 4.78 is 0. The number of aromatic amines is 1. The lowest BCUT2D eigenvalue weighted by molar-refractivity contribution is -0.384. The number of non-ortho nitro benzene ring substituents is 1. The minimum Gasteiger partial charge on any atom is -0.507 e. The molecule has 1 atom stereocenters. The summed E-state index contributed by atoms with van der Waals surface area (Å²) in [6.07, 6.45) is 3.35. The zero-order chi connectivity index (χ0) is 22.2. The average molecular weight is 427 g/mol. The summed E-state index contributed by atoms with van der Waals surface area (Å²) in [5.74, 6) is -0.205. The molecule has 1 aliphatic heterocycles. The molecule has 0 aliphatic carbocycles. The molecule has 0 fully saturated rings. The molecule has 2 N–H and O–H groups in total. The van der Waals surface area contributed by atoms with Crippen molar-refractivity contribution >= 4 is 11.6 Å². The molecule has 0 spiro atoms. The number of pyridine rings is 1. The van der Waals surface area contributed by atoms with Gasteiger partial charge in [0.05, 0.1) is 11.0 Å². The number of phenols is 1. The second-order valence-corrected chi connectivity index (χ2v) is 7.42. The molecule has 0 saturated heterocycles. The van der Waals surface area contributed by atoms with Crippen molar-refractivity contribution in [3.05, 3.63) is 106 Å². The Morgan fingerprint density at radius 3 is 2.56 bits per heavy atom. The van der Waals surface area contributed by atoms with Crippen molar-refractivity contribution in [1.29, 1.82) is 0 Å². The van der Waals surface area contributed by atoms with E-state index in [1.807, 2.05) is 6.07 Å². The molecule has 0 radical (unpaired) electrons. The Labute approximate surface area is 182 Å². The Bertz CT molecular complexity index is 1320. The van der Waals surface area contributed by atoms with Gasteiger partial charge < -0.3 is 10.0 Å². The molecule has 9 nitrogen and oxygen atoms in total. The number of hydrogen-bond donors (Lipinski definition) is 2. The lowest BCUT2D eigenvalue weighted by Gasteiger charge is -2.26. The molecular formula is C23H17N5O4. The van der Waals surface area contributed by atoms with E-state index >= 15 is 0 Å². The molecule has 1 aliphatic rings. The van der Waals surface area contributed by atoms with Gasteiger partial charge in [0.1, 0.15) is 17.1 Å².